The first-order valence-electron chi connectivity index (χ1n) is 5.26. The topological polar surface area (TPSA) is 34.1 Å². The third-order valence-electron chi connectivity index (χ3n) is 2.39. The van der Waals surface area contributed by atoms with Crippen molar-refractivity contribution in [2.24, 2.45) is 0 Å². The van der Waals surface area contributed by atoms with Crippen LogP contribution in [0.15, 0.2) is 42.7 Å². The van der Waals surface area contributed by atoms with Crippen LogP contribution in [0, 0.1) is 0 Å². The van der Waals surface area contributed by atoms with Gasteiger partial charge in [0.2, 0.25) is 0 Å². The summed E-state index contributed by atoms with van der Waals surface area (Å²) in [6.07, 6.45) is 3.52. The average Bonchev–Trinajstić information content (AvgIpc) is 2.38. The molecule has 0 aliphatic carbocycles. The summed E-state index contributed by atoms with van der Waals surface area (Å²) in [6.45, 7) is 0.673. The highest BCUT2D eigenvalue weighted by atomic mass is 35.5. The van der Waals surface area contributed by atoms with Crippen LogP contribution in [-0.4, -0.2) is 12.1 Å². The van der Waals surface area contributed by atoms with Crippen molar-refractivity contribution < 1.29 is 4.74 Å². The maximum absolute atomic E-state index is 5.90. The lowest BCUT2D eigenvalue weighted by molar-refractivity contribution is 0.410. The molecule has 0 fully saturated rings. The number of rotatable bonds is 4. The molecule has 0 saturated heterocycles. The van der Waals surface area contributed by atoms with Gasteiger partial charge < -0.3 is 10.1 Å². The van der Waals surface area contributed by atoms with Gasteiger partial charge in [-0.15, -0.1) is 0 Å². The second kappa shape index (κ2) is 5.55. The summed E-state index contributed by atoms with van der Waals surface area (Å²) in [7, 11) is 1.64. The Morgan fingerprint density at radius 2 is 2.24 bits per heavy atom. The maximum atomic E-state index is 5.90. The number of pyridine rings is 1. The van der Waals surface area contributed by atoms with E-state index in [-0.39, 0.29) is 0 Å². The third kappa shape index (κ3) is 3.11. The number of halogens is 1. The zero-order valence-corrected chi connectivity index (χ0v) is 10.2. The Balaban J connectivity index is 2.09. The smallest absolute Gasteiger partial charge is 0.125 e. The molecule has 0 bridgehead atoms. The summed E-state index contributed by atoms with van der Waals surface area (Å²) in [5.74, 6) is 0.786. The highest BCUT2D eigenvalue weighted by Crippen LogP contribution is 2.23. The number of benzene rings is 1. The fourth-order valence-corrected chi connectivity index (χ4v) is 1.69. The summed E-state index contributed by atoms with van der Waals surface area (Å²) >= 11 is 5.90. The molecule has 0 atom stereocenters. The van der Waals surface area contributed by atoms with Crippen LogP contribution in [0.5, 0.6) is 5.75 Å². The number of ether oxygens (including phenoxy) is 1. The van der Waals surface area contributed by atoms with Crippen molar-refractivity contribution in [3.05, 3.63) is 53.3 Å². The highest BCUT2D eigenvalue weighted by molar-refractivity contribution is 6.30. The summed E-state index contributed by atoms with van der Waals surface area (Å²) in [4.78, 5) is 4.04. The molecule has 1 aromatic heterocycles. The Kier molecular flexibility index (Phi) is 3.83. The van der Waals surface area contributed by atoms with Crippen LogP contribution in [0.25, 0.3) is 0 Å². The van der Waals surface area contributed by atoms with Gasteiger partial charge in [0.25, 0.3) is 0 Å². The zero-order valence-electron chi connectivity index (χ0n) is 9.48. The van der Waals surface area contributed by atoms with Gasteiger partial charge in [-0.1, -0.05) is 17.7 Å². The lowest BCUT2D eigenvalue weighted by Gasteiger charge is -2.10. The number of aromatic nitrogens is 1. The van der Waals surface area contributed by atoms with Crippen molar-refractivity contribution >= 4 is 17.3 Å². The van der Waals surface area contributed by atoms with Gasteiger partial charge in [0.05, 0.1) is 12.8 Å². The maximum Gasteiger partial charge on any atom is 0.125 e. The van der Waals surface area contributed by atoms with Gasteiger partial charge in [-0.3, -0.25) is 4.98 Å². The van der Waals surface area contributed by atoms with Crippen molar-refractivity contribution in [3.8, 4) is 5.75 Å². The van der Waals surface area contributed by atoms with Gasteiger partial charge in [0.1, 0.15) is 5.75 Å². The van der Waals surface area contributed by atoms with Gasteiger partial charge >= 0.3 is 0 Å². The van der Waals surface area contributed by atoms with Crippen molar-refractivity contribution in [3.63, 3.8) is 0 Å². The molecule has 88 valence electrons. The van der Waals surface area contributed by atoms with E-state index < -0.39 is 0 Å². The Bertz CT molecular complexity index is 488. The van der Waals surface area contributed by atoms with E-state index in [2.05, 4.69) is 10.3 Å². The Morgan fingerprint density at radius 3 is 2.94 bits per heavy atom. The summed E-state index contributed by atoms with van der Waals surface area (Å²) < 4.78 is 5.27. The molecule has 0 radical (unpaired) electrons. The van der Waals surface area contributed by atoms with Gasteiger partial charge in [-0.2, -0.15) is 0 Å². The number of nitrogens with zero attached hydrogens (tertiary/aromatic N) is 1. The lowest BCUT2D eigenvalue weighted by atomic mass is 10.2. The molecule has 0 saturated carbocycles. The van der Waals surface area contributed by atoms with Crippen LogP contribution < -0.4 is 10.1 Å². The van der Waals surface area contributed by atoms with Crippen LogP contribution >= 0.6 is 11.6 Å². The van der Waals surface area contributed by atoms with Crippen molar-refractivity contribution in [2.75, 3.05) is 12.4 Å². The quantitative estimate of drug-likeness (QED) is 0.901. The van der Waals surface area contributed by atoms with Crippen LogP contribution in [-0.2, 0) is 6.54 Å². The van der Waals surface area contributed by atoms with E-state index in [0.717, 1.165) is 17.0 Å². The number of nitrogens with one attached hydrogen (secondary N) is 1. The molecule has 0 aliphatic heterocycles. The molecule has 0 unspecified atom stereocenters. The van der Waals surface area contributed by atoms with E-state index in [1.165, 1.54) is 0 Å². The summed E-state index contributed by atoms with van der Waals surface area (Å²) in [5.41, 5.74) is 2.03. The molecule has 1 heterocycles. The molecular weight excluding hydrogens is 236 g/mol. The molecule has 3 nitrogen and oxygen atoms in total. The van der Waals surface area contributed by atoms with Crippen LogP contribution in [0.1, 0.15) is 5.56 Å². The minimum absolute atomic E-state index is 0.673. The van der Waals surface area contributed by atoms with Crippen LogP contribution in [0.2, 0.25) is 5.02 Å². The standard InChI is InChI=1S/C13H13ClN2O/c1-17-13-7-11(14)5-4-10(13)8-16-12-3-2-6-15-9-12/h2-7,9,16H,8H2,1H3. The Hall–Kier alpha value is -1.74. The first kappa shape index (κ1) is 11.7. The van der Waals surface area contributed by atoms with Crippen LogP contribution in [0.4, 0.5) is 5.69 Å². The molecule has 2 aromatic rings. The SMILES string of the molecule is COc1cc(Cl)ccc1CNc1cccnc1. The van der Waals surface area contributed by atoms with Crippen molar-refractivity contribution in [2.45, 2.75) is 6.54 Å². The molecule has 0 amide bonds. The molecule has 1 N–H and O–H groups in total. The molecule has 0 aliphatic rings. The van der Waals surface area contributed by atoms with Crippen molar-refractivity contribution in [1.29, 1.82) is 0 Å². The number of methoxy groups -OCH3 is 1. The predicted octanol–water partition coefficient (Wildman–Crippen LogP) is 3.36. The van der Waals surface area contributed by atoms with Gasteiger partial charge in [0, 0.05) is 29.5 Å². The number of hydrogen-bond donors (Lipinski definition) is 1. The van der Waals surface area contributed by atoms with E-state index in [9.17, 15) is 0 Å². The molecule has 2 rings (SSSR count). The molecule has 0 spiro atoms. The Morgan fingerprint density at radius 1 is 1.35 bits per heavy atom. The van der Waals surface area contributed by atoms with E-state index in [0.29, 0.717) is 11.6 Å². The van der Waals surface area contributed by atoms with E-state index in [1.54, 1.807) is 19.5 Å². The number of hydrogen-bond acceptors (Lipinski definition) is 3. The summed E-state index contributed by atoms with van der Waals surface area (Å²) in [6, 6.07) is 9.47. The first-order chi connectivity index (χ1) is 8.29. The molecule has 17 heavy (non-hydrogen) atoms. The third-order valence-corrected chi connectivity index (χ3v) is 2.63. The van der Waals surface area contributed by atoms with Crippen LogP contribution in [0.3, 0.4) is 0 Å². The van der Waals surface area contributed by atoms with E-state index >= 15 is 0 Å². The first-order valence-corrected chi connectivity index (χ1v) is 5.63. The zero-order chi connectivity index (χ0) is 12.1. The van der Waals surface area contributed by atoms with Gasteiger partial charge in [0.15, 0.2) is 0 Å². The monoisotopic (exact) mass is 248 g/mol. The predicted molar refractivity (Wildman–Crippen MR) is 69.6 cm³/mol. The highest BCUT2D eigenvalue weighted by Gasteiger charge is 2.03. The second-order valence-electron chi connectivity index (χ2n) is 3.55. The largest absolute Gasteiger partial charge is 0.496 e. The van der Waals surface area contributed by atoms with E-state index in [4.69, 9.17) is 16.3 Å². The van der Waals surface area contributed by atoms with E-state index in [1.807, 2.05) is 30.3 Å². The average molecular weight is 249 g/mol. The van der Waals surface area contributed by atoms with Gasteiger partial charge in [-0.25, -0.2) is 0 Å². The Labute approximate surface area is 105 Å². The minimum atomic E-state index is 0.673. The molecule has 4 heteroatoms. The number of anilines is 1. The molecular formula is C13H13ClN2O. The minimum Gasteiger partial charge on any atom is -0.496 e. The second-order valence-corrected chi connectivity index (χ2v) is 3.99. The molecule has 1 aromatic carbocycles. The fourth-order valence-electron chi connectivity index (χ4n) is 1.53. The fraction of sp³-hybridized carbons (Fsp3) is 0.154. The lowest BCUT2D eigenvalue weighted by Crippen LogP contribution is -2.01. The summed E-state index contributed by atoms with van der Waals surface area (Å²) in [5, 5.41) is 3.94. The normalized spacial score (nSPS) is 10.0. The van der Waals surface area contributed by atoms with Crippen molar-refractivity contribution in [1.82, 2.24) is 4.98 Å². The van der Waals surface area contributed by atoms with Gasteiger partial charge in [-0.05, 0) is 24.3 Å².